The summed E-state index contributed by atoms with van der Waals surface area (Å²) in [6, 6.07) is 1.10. The van der Waals surface area contributed by atoms with Crippen molar-refractivity contribution in [2.75, 3.05) is 24.3 Å². The van der Waals surface area contributed by atoms with Gasteiger partial charge in [0, 0.05) is 6.92 Å². The Kier molecular flexibility index (Phi) is 11.6. The number of ether oxygens (including phenoxy) is 2. The lowest BCUT2D eigenvalue weighted by Crippen LogP contribution is -2.46. The van der Waals surface area contributed by atoms with Gasteiger partial charge in [-0.15, -0.1) is 0 Å². The SMILES string of the molecule is CC(=O)Nc1cc(C(=O)O)c[n+]([C@@H]2O[C@H](COP(=O)([O-])OP(=O)(O)OC[C@H]3O[C@@H](n4cnc5c(N)ncnc54)[C@H](OP(=O)(O)O)[C@@H]3O)[C@@H](O)[C@H]2O)c1. The fraction of sp³-hybridized carbons (Fsp3) is 0.478. The maximum absolute atomic E-state index is 12.6. The summed E-state index contributed by atoms with van der Waals surface area (Å²) in [6.45, 7) is -1.11. The van der Waals surface area contributed by atoms with Crippen LogP contribution in [0.25, 0.3) is 11.2 Å². The molecule has 2 fully saturated rings. The Morgan fingerprint density at radius 3 is 2.35 bits per heavy atom. The van der Waals surface area contributed by atoms with E-state index in [9.17, 15) is 63.3 Å². The van der Waals surface area contributed by atoms with Crippen LogP contribution in [0.15, 0.2) is 31.1 Å². The van der Waals surface area contributed by atoms with Crippen LogP contribution in [0.5, 0.6) is 0 Å². The van der Waals surface area contributed by atoms with E-state index in [0.29, 0.717) is 0 Å². The van der Waals surface area contributed by atoms with E-state index in [1.807, 2.05) is 0 Å². The lowest BCUT2D eigenvalue weighted by molar-refractivity contribution is -0.765. The smallest absolute Gasteiger partial charge is 0.478 e. The summed E-state index contributed by atoms with van der Waals surface area (Å²) >= 11 is 0. The number of nitrogens with two attached hydrogens (primary N) is 1. The first-order chi connectivity index (χ1) is 24.1. The van der Waals surface area contributed by atoms with Crippen molar-refractivity contribution in [1.82, 2.24) is 19.5 Å². The number of carbonyl (C=O) groups is 2. The summed E-state index contributed by atoms with van der Waals surface area (Å²) in [5.74, 6) is -2.07. The van der Waals surface area contributed by atoms with Crippen molar-refractivity contribution in [3.05, 3.63) is 36.7 Å². The number of aromatic carboxylic acids is 1. The Morgan fingerprint density at radius 2 is 1.69 bits per heavy atom. The highest BCUT2D eigenvalue weighted by Crippen LogP contribution is 2.58. The van der Waals surface area contributed by atoms with Gasteiger partial charge in [0.15, 0.2) is 36.2 Å². The number of carboxylic acids is 1. The van der Waals surface area contributed by atoms with Crippen molar-refractivity contribution in [1.29, 1.82) is 0 Å². The zero-order chi connectivity index (χ0) is 38.3. The van der Waals surface area contributed by atoms with Crippen LogP contribution in [0.4, 0.5) is 11.5 Å². The fourth-order valence-electron chi connectivity index (χ4n) is 5.16. The summed E-state index contributed by atoms with van der Waals surface area (Å²) in [4.78, 5) is 76.1. The molecule has 2 aliphatic heterocycles. The topological polar surface area (TPSA) is 391 Å². The number of aliphatic hydroxyl groups is 3. The van der Waals surface area contributed by atoms with E-state index in [4.69, 9.17) is 15.2 Å². The molecule has 3 aromatic heterocycles. The van der Waals surface area contributed by atoms with Crippen LogP contribution in [0.3, 0.4) is 0 Å². The van der Waals surface area contributed by atoms with Gasteiger partial charge >= 0.3 is 21.6 Å². The fourth-order valence-corrected chi connectivity index (χ4v) is 7.76. The van der Waals surface area contributed by atoms with Crippen LogP contribution in [0.2, 0.25) is 0 Å². The number of amides is 1. The monoisotopic (exact) mass is 801 g/mol. The Labute approximate surface area is 289 Å². The van der Waals surface area contributed by atoms with Gasteiger partial charge in [-0.2, -0.15) is 4.57 Å². The number of aromatic nitrogens is 5. The molecule has 52 heavy (non-hydrogen) atoms. The average molecular weight is 801 g/mol. The van der Waals surface area contributed by atoms with E-state index in [1.54, 1.807) is 0 Å². The number of aliphatic hydroxyl groups excluding tert-OH is 3. The number of fused-ring (bicyclic) bond motifs is 1. The molecule has 1 amide bonds. The van der Waals surface area contributed by atoms with Gasteiger partial charge in [0.2, 0.25) is 5.91 Å². The number of hydrogen-bond donors (Lipinski definition) is 9. The molecule has 10 atom stereocenters. The van der Waals surface area contributed by atoms with Crippen molar-refractivity contribution in [3.8, 4) is 0 Å². The van der Waals surface area contributed by atoms with Crippen LogP contribution < -0.4 is 20.5 Å². The molecule has 0 radical (unpaired) electrons. The Bertz CT molecular complexity index is 1980. The number of phosphoric acid groups is 3. The predicted molar refractivity (Wildman–Crippen MR) is 161 cm³/mol. The van der Waals surface area contributed by atoms with Crippen molar-refractivity contribution in [3.63, 3.8) is 0 Å². The molecule has 0 aliphatic carbocycles. The second kappa shape index (κ2) is 15.2. The van der Waals surface area contributed by atoms with Crippen LogP contribution in [-0.2, 0) is 45.8 Å². The summed E-state index contributed by atoms with van der Waals surface area (Å²) < 4.78 is 67.9. The average Bonchev–Trinajstić information content (AvgIpc) is 3.68. The number of nitrogens with zero attached hydrogens (tertiary/aromatic N) is 5. The first-order valence-corrected chi connectivity index (χ1v) is 18.9. The third-order valence-corrected chi connectivity index (χ3v) is 10.4. The minimum Gasteiger partial charge on any atom is -0.756 e. The highest BCUT2D eigenvalue weighted by Gasteiger charge is 2.51. The molecule has 286 valence electrons. The van der Waals surface area contributed by atoms with Crippen molar-refractivity contribution in [2.24, 2.45) is 0 Å². The first-order valence-electron chi connectivity index (χ1n) is 14.4. The van der Waals surface area contributed by atoms with E-state index in [2.05, 4.69) is 38.2 Å². The summed E-state index contributed by atoms with van der Waals surface area (Å²) in [5, 5.41) is 43.5. The standard InChI is InChI=1S/C23H30N7O19P3/c1-9(31)28-11-2-10(23(35)36)3-29(4-11)21-17(34)15(32)12(46-21)5-44-51(40,41)49-52(42,43)45-6-13-16(33)18(48-50(37,38)39)22(47-13)30-8-27-14-19(24)25-7-26-20(14)30/h2-4,7-8,12-13,15-18,21-22,32-34H,5-6H2,1H3,(H7-,24,25,26,28,31,35,36,37,38,39,40,41,42,43)/t12-,13-,15-,16-,17-,18-,21-,22-/m1/s1. The third-order valence-electron chi connectivity index (χ3n) is 7.32. The highest BCUT2D eigenvalue weighted by atomic mass is 31.3. The zero-order valence-corrected chi connectivity index (χ0v) is 28.8. The van der Waals surface area contributed by atoms with Crippen molar-refractivity contribution < 1.29 is 95.2 Å². The normalized spacial score (nSPS) is 28.8. The van der Waals surface area contributed by atoms with Crippen molar-refractivity contribution >= 4 is 58.0 Å². The molecular formula is C23H30N7O19P3. The minimum atomic E-state index is -5.81. The van der Waals surface area contributed by atoms with Crippen LogP contribution in [-0.4, -0.2) is 116 Å². The zero-order valence-electron chi connectivity index (χ0n) is 26.1. The summed E-state index contributed by atoms with van der Waals surface area (Å²) in [6.07, 6.45) is -9.81. The number of hydrogen-bond acceptors (Lipinski definition) is 19. The van der Waals surface area contributed by atoms with E-state index in [-0.39, 0.29) is 28.2 Å². The molecule has 0 spiro atoms. The summed E-state index contributed by atoms with van der Waals surface area (Å²) in [7, 11) is -16.8. The van der Waals surface area contributed by atoms with Gasteiger partial charge in [-0.25, -0.2) is 33.2 Å². The molecule has 0 aromatic carbocycles. The van der Waals surface area contributed by atoms with Crippen LogP contribution in [0, 0.1) is 0 Å². The number of pyridine rings is 1. The Hall–Kier alpha value is -3.39. The van der Waals surface area contributed by atoms with Gasteiger partial charge in [-0.3, -0.25) is 23.0 Å². The second-order valence-corrected chi connectivity index (χ2v) is 15.3. The van der Waals surface area contributed by atoms with Crippen LogP contribution >= 0.6 is 23.5 Å². The Balaban J connectivity index is 1.22. The summed E-state index contributed by atoms with van der Waals surface area (Å²) in [5.41, 5.74) is 5.38. The number of anilines is 2. The predicted octanol–water partition coefficient (Wildman–Crippen LogP) is -2.97. The van der Waals surface area contributed by atoms with Gasteiger partial charge in [0.25, 0.3) is 14.1 Å². The van der Waals surface area contributed by atoms with Crippen LogP contribution in [0.1, 0.15) is 29.7 Å². The lowest BCUT2D eigenvalue weighted by atomic mass is 10.1. The van der Waals surface area contributed by atoms with E-state index in [1.165, 1.54) is 0 Å². The second-order valence-electron chi connectivity index (χ2n) is 11.1. The van der Waals surface area contributed by atoms with Gasteiger partial charge < -0.3 is 65.0 Å². The molecular weight excluding hydrogens is 771 g/mol. The lowest BCUT2D eigenvalue weighted by Gasteiger charge is -2.26. The number of nitrogen functional groups attached to an aromatic ring is 1. The van der Waals surface area contributed by atoms with Crippen molar-refractivity contribution in [2.45, 2.75) is 56.0 Å². The number of carbonyl (C=O) groups excluding carboxylic acids is 1. The molecule has 29 heteroatoms. The third kappa shape index (κ3) is 9.21. The van der Waals surface area contributed by atoms with E-state index in [0.717, 1.165) is 47.2 Å². The highest BCUT2D eigenvalue weighted by molar-refractivity contribution is 7.60. The quantitative estimate of drug-likeness (QED) is 0.0580. The number of nitrogens with one attached hydrogen (secondary N) is 1. The number of phosphoric ester groups is 3. The molecule has 0 bridgehead atoms. The molecule has 2 aliphatic rings. The minimum absolute atomic E-state index is 0.0245. The largest absolute Gasteiger partial charge is 0.756 e. The van der Waals surface area contributed by atoms with Gasteiger partial charge in [-0.05, 0) is 6.07 Å². The first kappa shape index (κ1) is 39.8. The molecule has 5 heterocycles. The molecule has 2 saturated heterocycles. The number of carboxylic acid groups (broad SMARTS) is 1. The Morgan fingerprint density at radius 1 is 1.02 bits per heavy atom. The number of imidazole rings is 1. The van der Waals surface area contributed by atoms with E-state index >= 15 is 0 Å². The molecule has 2 unspecified atom stereocenters. The molecule has 0 saturated carbocycles. The number of rotatable bonds is 14. The molecule has 26 nitrogen and oxygen atoms in total. The van der Waals surface area contributed by atoms with E-state index < -0.39 is 97.6 Å². The van der Waals surface area contributed by atoms with Gasteiger partial charge in [0.05, 0.1) is 19.5 Å². The molecule has 3 aromatic rings. The maximum Gasteiger partial charge on any atom is 0.478 e. The van der Waals surface area contributed by atoms with Gasteiger partial charge in [-0.1, -0.05) is 0 Å². The molecule has 5 rings (SSSR count). The van der Waals surface area contributed by atoms with Gasteiger partial charge in [0.1, 0.15) is 53.6 Å². The molecule has 10 N–H and O–H groups in total. The maximum atomic E-state index is 12.6.